The van der Waals surface area contributed by atoms with Crippen molar-refractivity contribution in [3.8, 4) is 45.8 Å². The third kappa shape index (κ3) is 3.50. The third-order valence-corrected chi connectivity index (χ3v) is 7.03. The van der Waals surface area contributed by atoms with Gasteiger partial charge in [-0.25, -0.2) is 9.97 Å². The van der Waals surface area contributed by atoms with E-state index in [0.717, 1.165) is 32.7 Å². The Kier molecular flexibility index (Phi) is 5.05. The van der Waals surface area contributed by atoms with Gasteiger partial charge in [0, 0.05) is 46.1 Å². The average Bonchev–Trinajstić information content (AvgIpc) is 3.73. The standard InChI is InChI=1S/C30H14N10.Cu/c1-2-8-16-15(7-1)23-33-24(16)36-28-20-12-6-14-32-22(20)30(40-28)38-26-18-10-4-3-9-17(18)25(34-26)37-29-21-19(11-5-13-31-21)27(35-23)39-29;/h1-14H;/q-2;+2. The summed E-state index contributed by atoms with van der Waals surface area (Å²) in [6.45, 7) is 0. The van der Waals surface area contributed by atoms with Crippen LogP contribution in [0.5, 0.6) is 0 Å². The molecule has 2 aromatic carbocycles. The minimum Gasteiger partial charge on any atom is -0.357 e. The number of pyridine rings is 2. The SMILES string of the molecule is [Cu+2].c1cnc2c(c1)-c1nc-2nc2[n-]c(nc3nc(nc4[n-]c(n1)c1ccccc41)-c1cccnc1-3)c1ccccc21. The largest absolute Gasteiger partial charge is 2.00 e. The van der Waals surface area contributed by atoms with Gasteiger partial charge in [0.2, 0.25) is 0 Å². The van der Waals surface area contributed by atoms with Gasteiger partial charge in [0.25, 0.3) is 0 Å². The predicted molar refractivity (Wildman–Crippen MR) is 150 cm³/mol. The maximum atomic E-state index is 4.90. The quantitative estimate of drug-likeness (QED) is 0.229. The fourth-order valence-corrected chi connectivity index (χ4v) is 5.21. The van der Waals surface area contributed by atoms with E-state index in [-0.39, 0.29) is 17.1 Å². The molecule has 0 saturated carbocycles. The second kappa shape index (κ2) is 8.82. The Bertz CT molecular complexity index is 2040. The zero-order valence-corrected chi connectivity index (χ0v) is 21.8. The smallest absolute Gasteiger partial charge is 0.357 e. The first-order chi connectivity index (χ1) is 19.8. The van der Waals surface area contributed by atoms with Crippen LogP contribution in [0.1, 0.15) is 0 Å². The molecule has 2 aliphatic rings. The molecule has 0 saturated heterocycles. The molecule has 5 aromatic heterocycles. The van der Waals surface area contributed by atoms with E-state index in [4.69, 9.17) is 39.9 Å². The van der Waals surface area contributed by atoms with Crippen molar-refractivity contribution in [2.24, 2.45) is 0 Å². The van der Waals surface area contributed by atoms with Crippen LogP contribution in [0.25, 0.3) is 89.9 Å². The zero-order valence-electron chi connectivity index (χ0n) is 20.9. The van der Waals surface area contributed by atoms with Crippen molar-refractivity contribution in [2.75, 3.05) is 0 Å². The summed E-state index contributed by atoms with van der Waals surface area (Å²) >= 11 is 0. The fourth-order valence-electron chi connectivity index (χ4n) is 5.21. The molecule has 0 unspecified atom stereocenters. The number of fused-ring (bicyclic) bond motifs is 20. The number of benzene rings is 2. The van der Waals surface area contributed by atoms with Crippen LogP contribution in [-0.4, -0.2) is 39.9 Å². The Balaban J connectivity index is 0.00000256. The summed E-state index contributed by atoms with van der Waals surface area (Å²) in [7, 11) is 0. The van der Waals surface area contributed by atoms with E-state index in [0.29, 0.717) is 57.3 Å². The van der Waals surface area contributed by atoms with Crippen molar-refractivity contribution >= 4 is 44.1 Å². The van der Waals surface area contributed by atoms with Gasteiger partial charge in [-0.2, -0.15) is 0 Å². The minimum atomic E-state index is 0. The van der Waals surface area contributed by atoms with E-state index in [9.17, 15) is 0 Å². The predicted octanol–water partition coefficient (Wildman–Crippen LogP) is 4.91. The van der Waals surface area contributed by atoms with E-state index in [1.54, 1.807) is 12.4 Å². The van der Waals surface area contributed by atoms with Gasteiger partial charge in [0.1, 0.15) is 23.0 Å². The number of rotatable bonds is 0. The van der Waals surface area contributed by atoms with E-state index in [1.165, 1.54) is 0 Å². The van der Waals surface area contributed by atoms with Gasteiger partial charge < -0.3 is 29.9 Å². The third-order valence-electron chi connectivity index (χ3n) is 7.03. The molecule has 11 heteroatoms. The minimum absolute atomic E-state index is 0. The molecule has 7 heterocycles. The summed E-state index contributed by atoms with van der Waals surface area (Å²) in [6, 6.07) is 23.3. The van der Waals surface area contributed by atoms with Crippen LogP contribution < -0.4 is 9.97 Å². The van der Waals surface area contributed by atoms with E-state index in [2.05, 4.69) is 9.97 Å². The first kappa shape index (κ1) is 23.5. The fraction of sp³-hybridized carbons (Fsp3) is 0. The topological polar surface area (TPSA) is 131 Å². The molecule has 0 fully saturated rings. The first-order valence-corrected chi connectivity index (χ1v) is 12.6. The van der Waals surface area contributed by atoms with E-state index in [1.807, 2.05) is 72.8 Å². The Morgan fingerprint density at radius 3 is 1.15 bits per heavy atom. The van der Waals surface area contributed by atoms with Gasteiger partial charge >= 0.3 is 17.1 Å². The summed E-state index contributed by atoms with van der Waals surface area (Å²) in [4.78, 5) is 47.9. The van der Waals surface area contributed by atoms with Gasteiger partial charge in [0.05, 0.1) is 11.6 Å². The van der Waals surface area contributed by atoms with Gasteiger partial charge in [-0.1, -0.05) is 48.5 Å². The molecule has 0 aliphatic carbocycles. The van der Waals surface area contributed by atoms with Crippen LogP contribution in [0.3, 0.4) is 0 Å². The molecule has 0 spiro atoms. The molecular weight excluding hydrogens is 564 g/mol. The van der Waals surface area contributed by atoms with Crippen LogP contribution in [0.2, 0.25) is 0 Å². The number of nitrogens with zero attached hydrogens (tertiary/aromatic N) is 10. The second-order valence-corrected chi connectivity index (χ2v) is 9.37. The molecule has 8 bridgehead atoms. The molecular formula is C30H14CuN10. The Morgan fingerprint density at radius 2 is 0.756 bits per heavy atom. The molecule has 0 atom stereocenters. The molecule has 10 nitrogen and oxygen atoms in total. The Morgan fingerprint density at radius 1 is 0.390 bits per heavy atom. The van der Waals surface area contributed by atoms with Crippen LogP contribution in [-0.2, 0) is 17.1 Å². The van der Waals surface area contributed by atoms with Gasteiger partial charge in [-0.15, -0.1) is 0 Å². The molecule has 0 N–H and O–H groups in total. The molecule has 0 amide bonds. The number of hydrogen-bond acceptors (Lipinski definition) is 8. The normalized spacial score (nSPS) is 11.7. The van der Waals surface area contributed by atoms with Gasteiger partial charge in [-0.05, 0) is 45.8 Å². The molecule has 7 aromatic rings. The summed E-state index contributed by atoms with van der Waals surface area (Å²) in [5.41, 5.74) is 4.82. The Labute approximate surface area is 241 Å². The maximum absolute atomic E-state index is 4.90. The second-order valence-electron chi connectivity index (χ2n) is 9.37. The summed E-state index contributed by atoms with van der Waals surface area (Å²) in [5, 5.41) is 3.40. The first-order valence-electron chi connectivity index (χ1n) is 12.6. The summed E-state index contributed by atoms with van der Waals surface area (Å²) in [5.74, 6) is 1.82. The van der Waals surface area contributed by atoms with E-state index < -0.39 is 0 Å². The molecule has 195 valence electrons. The van der Waals surface area contributed by atoms with Crippen LogP contribution in [0, 0.1) is 0 Å². The van der Waals surface area contributed by atoms with Gasteiger partial charge in [-0.3, -0.25) is 9.97 Å². The number of aromatic nitrogens is 10. The zero-order chi connectivity index (χ0) is 26.2. The van der Waals surface area contributed by atoms with Crippen molar-refractivity contribution in [1.29, 1.82) is 0 Å². The van der Waals surface area contributed by atoms with Crippen molar-refractivity contribution in [1.82, 2.24) is 49.8 Å². The van der Waals surface area contributed by atoms with Crippen molar-refractivity contribution in [3.63, 3.8) is 0 Å². The summed E-state index contributed by atoms with van der Waals surface area (Å²) in [6.07, 6.45) is 3.44. The number of hydrogen-bond donors (Lipinski definition) is 0. The van der Waals surface area contributed by atoms with Crippen molar-refractivity contribution in [2.45, 2.75) is 0 Å². The molecule has 1 radical (unpaired) electrons. The van der Waals surface area contributed by atoms with Crippen molar-refractivity contribution in [3.05, 3.63) is 85.2 Å². The van der Waals surface area contributed by atoms with Crippen LogP contribution >= 0.6 is 0 Å². The summed E-state index contributed by atoms with van der Waals surface area (Å²) < 4.78 is 0. The van der Waals surface area contributed by atoms with Crippen LogP contribution in [0.4, 0.5) is 0 Å². The average molecular weight is 578 g/mol. The maximum Gasteiger partial charge on any atom is 2.00 e. The van der Waals surface area contributed by atoms with Gasteiger partial charge in [0.15, 0.2) is 0 Å². The molecule has 2 aliphatic heterocycles. The van der Waals surface area contributed by atoms with Crippen LogP contribution in [0.15, 0.2) is 85.2 Å². The van der Waals surface area contributed by atoms with E-state index >= 15 is 0 Å². The Hall–Kier alpha value is -5.38. The van der Waals surface area contributed by atoms with Crippen molar-refractivity contribution < 1.29 is 17.1 Å². The molecule has 9 rings (SSSR count). The monoisotopic (exact) mass is 577 g/mol. The molecule has 41 heavy (non-hydrogen) atoms.